The van der Waals surface area contributed by atoms with E-state index in [9.17, 15) is 9.59 Å². The van der Waals surface area contributed by atoms with Gasteiger partial charge < -0.3 is 5.73 Å². The van der Waals surface area contributed by atoms with Crippen molar-refractivity contribution in [2.75, 3.05) is 17.2 Å². The molecule has 0 atom stereocenters. The van der Waals surface area contributed by atoms with Gasteiger partial charge in [0.25, 0.3) is 0 Å². The first-order chi connectivity index (χ1) is 7.08. The number of nitrogens with zero attached hydrogens (tertiary/aromatic N) is 3. The predicted octanol–water partition coefficient (Wildman–Crippen LogP) is 0.0180. The molecule has 1 aliphatic heterocycles. The van der Waals surface area contributed by atoms with Gasteiger partial charge in [0.2, 0.25) is 11.2 Å². The van der Waals surface area contributed by atoms with Crippen molar-refractivity contribution in [3.8, 4) is 0 Å². The van der Waals surface area contributed by atoms with E-state index >= 15 is 0 Å². The number of amides is 1. The lowest BCUT2D eigenvalue weighted by molar-refractivity contribution is -0.121. The van der Waals surface area contributed by atoms with Gasteiger partial charge in [-0.25, -0.2) is 4.98 Å². The monoisotopic (exact) mass is 226 g/mol. The molecule has 1 fully saturated rings. The highest BCUT2D eigenvalue weighted by atomic mass is 35.5. The Morgan fingerprint density at radius 1 is 1.47 bits per heavy atom. The number of rotatable bonds is 1. The first kappa shape index (κ1) is 9.85. The van der Waals surface area contributed by atoms with Crippen LogP contribution in [0, 0.1) is 0 Å². The van der Waals surface area contributed by atoms with Crippen LogP contribution in [0.3, 0.4) is 0 Å². The molecule has 2 N–H and O–H groups in total. The molecule has 0 aliphatic carbocycles. The molecule has 7 heteroatoms. The maximum Gasteiger partial charge on any atom is 0.235 e. The lowest BCUT2D eigenvalue weighted by Gasteiger charge is -2.15. The Labute approximate surface area is 90.1 Å². The second kappa shape index (κ2) is 3.47. The normalized spacial score (nSPS) is 16.2. The van der Waals surface area contributed by atoms with E-state index in [-0.39, 0.29) is 35.8 Å². The number of ketones is 1. The summed E-state index contributed by atoms with van der Waals surface area (Å²) in [5.41, 5.74) is 5.90. The molecular formula is C8H7ClN4O2. The number of anilines is 2. The fourth-order valence-electron chi connectivity index (χ4n) is 1.38. The molecule has 2 heterocycles. The fourth-order valence-corrected chi connectivity index (χ4v) is 1.52. The van der Waals surface area contributed by atoms with E-state index in [1.807, 2.05) is 0 Å². The highest BCUT2D eigenvalue weighted by Gasteiger charge is 2.30. The molecule has 1 saturated heterocycles. The molecule has 0 unspecified atom stereocenters. The number of hydrogen-bond acceptors (Lipinski definition) is 5. The molecule has 6 nitrogen and oxygen atoms in total. The molecule has 0 bridgehead atoms. The summed E-state index contributed by atoms with van der Waals surface area (Å²) in [6.07, 6.45) is 1.24. The van der Waals surface area contributed by atoms with Crippen molar-refractivity contribution >= 4 is 34.8 Å². The summed E-state index contributed by atoms with van der Waals surface area (Å²) < 4.78 is 0. The van der Waals surface area contributed by atoms with Gasteiger partial charge in [0.15, 0.2) is 11.6 Å². The maximum absolute atomic E-state index is 11.4. The van der Waals surface area contributed by atoms with E-state index in [1.165, 1.54) is 11.1 Å². The summed E-state index contributed by atoms with van der Waals surface area (Å²) in [6, 6.07) is 0. The van der Waals surface area contributed by atoms with Gasteiger partial charge in [0.1, 0.15) is 5.69 Å². The quantitative estimate of drug-likeness (QED) is 0.539. The van der Waals surface area contributed by atoms with Crippen LogP contribution < -0.4 is 10.6 Å². The van der Waals surface area contributed by atoms with Crippen LogP contribution in [0.15, 0.2) is 6.20 Å². The summed E-state index contributed by atoms with van der Waals surface area (Å²) in [5, 5.41) is 0.00854. The SMILES string of the molecule is Nc1nc(Cl)ncc1N1CC(=O)CC1=O. The Morgan fingerprint density at radius 3 is 2.73 bits per heavy atom. The first-order valence-corrected chi connectivity index (χ1v) is 4.56. The average molecular weight is 227 g/mol. The molecular weight excluding hydrogens is 220 g/mol. The van der Waals surface area contributed by atoms with Gasteiger partial charge in [-0.2, -0.15) is 4.98 Å². The molecule has 2 rings (SSSR count). The van der Waals surface area contributed by atoms with Crippen LogP contribution in [0.25, 0.3) is 0 Å². The molecule has 0 aromatic carbocycles. The number of Topliss-reactive ketones (excluding diaryl/α,β-unsaturated/α-hetero) is 1. The van der Waals surface area contributed by atoms with E-state index in [0.717, 1.165) is 0 Å². The average Bonchev–Trinajstić information content (AvgIpc) is 2.45. The van der Waals surface area contributed by atoms with E-state index < -0.39 is 0 Å². The first-order valence-electron chi connectivity index (χ1n) is 4.18. The zero-order chi connectivity index (χ0) is 11.0. The van der Waals surface area contributed by atoms with Crippen LogP contribution in [0.4, 0.5) is 11.5 Å². The third-order valence-electron chi connectivity index (χ3n) is 2.04. The number of hydrogen-bond donors (Lipinski definition) is 1. The Bertz CT molecular complexity index is 448. The molecule has 0 radical (unpaired) electrons. The second-order valence-electron chi connectivity index (χ2n) is 3.10. The summed E-state index contributed by atoms with van der Waals surface area (Å²) in [6.45, 7) is 0.0219. The zero-order valence-electron chi connectivity index (χ0n) is 7.61. The van der Waals surface area contributed by atoms with Crippen LogP contribution in [-0.2, 0) is 9.59 Å². The summed E-state index contributed by atoms with van der Waals surface area (Å²) in [7, 11) is 0. The lowest BCUT2D eigenvalue weighted by Crippen LogP contribution is -2.26. The fraction of sp³-hybridized carbons (Fsp3) is 0.250. The number of nitrogens with two attached hydrogens (primary N) is 1. The second-order valence-corrected chi connectivity index (χ2v) is 3.44. The number of halogens is 1. The van der Waals surface area contributed by atoms with E-state index in [1.54, 1.807) is 0 Å². The van der Waals surface area contributed by atoms with Gasteiger partial charge in [-0.1, -0.05) is 0 Å². The van der Waals surface area contributed by atoms with Crippen molar-refractivity contribution in [2.45, 2.75) is 6.42 Å². The molecule has 0 spiro atoms. The maximum atomic E-state index is 11.4. The smallest absolute Gasteiger partial charge is 0.235 e. The zero-order valence-corrected chi connectivity index (χ0v) is 8.36. The van der Waals surface area contributed by atoms with Crippen LogP contribution in [0.5, 0.6) is 0 Å². The summed E-state index contributed by atoms with van der Waals surface area (Å²) in [5.74, 6) is -0.343. The Morgan fingerprint density at radius 2 is 2.20 bits per heavy atom. The Kier molecular flexibility index (Phi) is 2.28. The van der Waals surface area contributed by atoms with Crippen molar-refractivity contribution < 1.29 is 9.59 Å². The third kappa shape index (κ3) is 1.75. The standard InChI is InChI=1S/C8H7ClN4O2/c9-8-11-2-5(7(10)12-8)13-3-4(14)1-6(13)15/h2H,1,3H2,(H2,10,11,12). The van der Waals surface area contributed by atoms with Crippen LogP contribution in [0.1, 0.15) is 6.42 Å². The van der Waals surface area contributed by atoms with Crippen molar-refractivity contribution in [3.63, 3.8) is 0 Å². The third-order valence-corrected chi connectivity index (χ3v) is 2.23. The minimum atomic E-state index is -0.294. The Hall–Kier alpha value is -1.69. The van der Waals surface area contributed by atoms with Crippen molar-refractivity contribution in [1.82, 2.24) is 9.97 Å². The van der Waals surface area contributed by atoms with Gasteiger partial charge in [-0.15, -0.1) is 0 Å². The lowest BCUT2D eigenvalue weighted by atomic mass is 10.3. The van der Waals surface area contributed by atoms with Gasteiger partial charge in [-0.3, -0.25) is 14.5 Å². The van der Waals surface area contributed by atoms with E-state index in [2.05, 4.69) is 9.97 Å². The highest BCUT2D eigenvalue weighted by Crippen LogP contribution is 2.24. The van der Waals surface area contributed by atoms with Crippen molar-refractivity contribution in [1.29, 1.82) is 0 Å². The van der Waals surface area contributed by atoms with Gasteiger partial charge in [0.05, 0.1) is 19.2 Å². The van der Waals surface area contributed by atoms with Gasteiger partial charge in [0, 0.05) is 0 Å². The minimum absolute atomic E-state index is 0.00854. The number of nitrogen functional groups attached to an aromatic ring is 1. The molecule has 0 saturated carbocycles. The van der Waals surface area contributed by atoms with E-state index in [4.69, 9.17) is 17.3 Å². The highest BCUT2D eigenvalue weighted by molar-refractivity contribution is 6.28. The number of carbonyl (C=O) groups excluding carboxylic acids is 2. The molecule has 78 valence electrons. The summed E-state index contributed by atoms with van der Waals surface area (Å²) in [4.78, 5) is 31.1. The molecule has 1 aliphatic rings. The predicted molar refractivity (Wildman–Crippen MR) is 53.4 cm³/mol. The molecule has 1 aromatic heterocycles. The van der Waals surface area contributed by atoms with Crippen molar-refractivity contribution in [3.05, 3.63) is 11.5 Å². The van der Waals surface area contributed by atoms with E-state index in [0.29, 0.717) is 5.69 Å². The van der Waals surface area contributed by atoms with Crippen LogP contribution in [-0.4, -0.2) is 28.2 Å². The molecule has 1 amide bonds. The van der Waals surface area contributed by atoms with Gasteiger partial charge in [-0.05, 0) is 11.6 Å². The largest absolute Gasteiger partial charge is 0.382 e. The minimum Gasteiger partial charge on any atom is -0.382 e. The van der Waals surface area contributed by atoms with Crippen molar-refractivity contribution in [2.24, 2.45) is 0 Å². The number of carbonyl (C=O) groups is 2. The topological polar surface area (TPSA) is 89.2 Å². The molecule has 1 aromatic rings. The molecule has 15 heavy (non-hydrogen) atoms. The number of aromatic nitrogens is 2. The van der Waals surface area contributed by atoms with Gasteiger partial charge >= 0.3 is 0 Å². The summed E-state index contributed by atoms with van der Waals surface area (Å²) >= 11 is 5.52. The Balaban J connectivity index is 2.38. The van der Waals surface area contributed by atoms with Crippen LogP contribution >= 0.6 is 11.6 Å². The van der Waals surface area contributed by atoms with Crippen LogP contribution in [0.2, 0.25) is 5.28 Å².